The molecule has 0 saturated carbocycles. The molecule has 2 atom stereocenters. The highest BCUT2D eigenvalue weighted by atomic mass is 19.4. The van der Waals surface area contributed by atoms with Gasteiger partial charge in [0, 0.05) is 13.1 Å². The van der Waals surface area contributed by atoms with E-state index in [1.54, 1.807) is 0 Å². The third-order valence-corrected chi connectivity index (χ3v) is 2.98. The normalized spacial score (nSPS) is 23.9. The van der Waals surface area contributed by atoms with Crippen LogP contribution >= 0.6 is 0 Å². The van der Waals surface area contributed by atoms with Crippen LogP contribution in [-0.4, -0.2) is 42.5 Å². The summed E-state index contributed by atoms with van der Waals surface area (Å²) >= 11 is 0. The van der Waals surface area contributed by atoms with E-state index in [9.17, 15) is 22.8 Å². The highest BCUT2D eigenvalue weighted by Crippen LogP contribution is 2.37. The van der Waals surface area contributed by atoms with Crippen LogP contribution < -0.4 is 5.32 Å². The standard InChI is InChI=1S/C11H15F3N2O2/c1-3-9(17)15-4-10(18)16-5-7(2)8(6-16)11(12,13)14/h3,7-8H,1,4-6H2,2H3,(H,15,17)/t7-,8-/m1/s1. The molecule has 0 bridgehead atoms. The van der Waals surface area contributed by atoms with Gasteiger partial charge in [-0.15, -0.1) is 0 Å². The fraction of sp³-hybridized carbons (Fsp3) is 0.636. The van der Waals surface area contributed by atoms with Crippen LogP contribution in [0.2, 0.25) is 0 Å². The topological polar surface area (TPSA) is 49.4 Å². The number of likely N-dealkylation sites (tertiary alicyclic amines) is 1. The lowest BCUT2D eigenvalue weighted by Crippen LogP contribution is -2.39. The Bertz CT molecular complexity index is 355. The van der Waals surface area contributed by atoms with E-state index in [-0.39, 0.29) is 19.6 Å². The van der Waals surface area contributed by atoms with Gasteiger partial charge in [-0.2, -0.15) is 13.2 Å². The van der Waals surface area contributed by atoms with Gasteiger partial charge in [0.15, 0.2) is 0 Å². The van der Waals surface area contributed by atoms with Crippen LogP contribution in [0.5, 0.6) is 0 Å². The van der Waals surface area contributed by atoms with Crippen LogP contribution in [0.4, 0.5) is 13.2 Å². The summed E-state index contributed by atoms with van der Waals surface area (Å²) in [5, 5.41) is 2.25. The van der Waals surface area contributed by atoms with Crippen molar-refractivity contribution in [2.75, 3.05) is 19.6 Å². The van der Waals surface area contributed by atoms with Crippen LogP contribution in [0.3, 0.4) is 0 Å². The molecule has 0 unspecified atom stereocenters. The summed E-state index contributed by atoms with van der Waals surface area (Å²) in [5.41, 5.74) is 0. The number of amides is 2. The van der Waals surface area contributed by atoms with Gasteiger partial charge in [-0.3, -0.25) is 9.59 Å². The molecule has 18 heavy (non-hydrogen) atoms. The van der Waals surface area contributed by atoms with Crippen LogP contribution in [-0.2, 0) is 9.59 Å². The minimum absolute atomic E-state index is 0.0625. The van der Waals surface area contributed by atoms with Gasteiger partial charge in [-0.1, -0.05) is 13.5 Å². The summed E-state index contributed by atoms with van der Waals surface area (Å²) in [7, 11) is 0. The monoisotopic (exact) mass is 264 g/mol. The molecule has 1 heterocycles. The van der Waals surface area contributed by atoms with E-state index in [1.165, 1.54) is 6.92 Å². The molecular weight excluding hydrogens is 249 g/mol. The molecule has 2 amide bonds. The third kappa shape index (κ3) is 3.48. The van der Waals surface area contributed by atoms with Gasteiger partial charge in [0.1, 0.15) is 0 Å². The molecule has 0 aromatic rings. The number of carbonyl (C=O) groups excluding carboxylic acids is 2. The van der Waals surface area contributed by atoms with E-state index in [4.69, 9.17) is 0 Å². The van der Waals surface area contributed by atoms with E-state index >= 15 is 0 Å². The molecule has 1 rings (SSSR count). The Morgan fingerprint density at radius 3 is 2.50 bits per heavy atom. The Labute approximate surface area is 103 Å². The van der Waals surface area contributed by atoms with Crippen molar-refractivity contribution < 1.29 is 22.8 Å². The molecule has 0 spiro atoms. The summed E-state index contributed by atoms with van der Waals surface area (Å²) in [6, 6.07) is 0. The molecule has 0 aromatic carbocycles. The SMILES string of the molecule is C=CC(=O)NCC(=O)N1C[C@@H](C)[C@H](C(F)(F)F)C1. The fourth-order valence-corrected chi connectivity index (χ4v) is 1.94. The smallest absolute Gasteiger partial charge is 0.343 e. The molecule has 7 heteroatoms. The van der Waals surface area contributed by atoms with Gasteiger partial charge in [0.05, 0.1) is 12.5 Å². The summed E-state index contributed by atoms with van der Waals surface area (Å²) in [6.07, 6.45) is -3.29. The Hall–Kier alpha value is -1.53. The van der Waals surface area contributed by atoms with Crippen molar-refractivity contribution in [3.8, 4) is 0 Å². The van der Waals surface area contributed by atoms with Crippen molar-refractivity contribution >= 4 is 11.8 Å². The van der Waals surface area contributed by atoms with Crippen molar-refractivity contribution in [3.63, 3.8) is 0 Å². The quantitative estimate of drug-likeness (QED) is 0.771. The second-order valence-corrected chi connectivity index (χ2v) is 4.35. The number of rotatable bonds is 3. The number of nitrogens with one attached hydrogen (secondary N) is 1. The number of hydrogen-bond acceptors (Lipinski definition) is 2. The van der Waals surface area contributed by atoms with Gasteiger partial charge in [0.2, 0.25) is 11.8 Å². The summed E-state index contributed by atoms with van der Waals surface area (Å²) in [5.74, 6) is -3.15. The van der Waals surface area contributed by atoms with Gasteiger partial charge < -0.3 is 10.2 Å². The Morgan fingerprint density at radius 1 is 1.44 bits per heavy atom. The predicted octanol–water partition coefficient (Wildman–Crippen LogP) is 0.945. The number of halogens is 3. The number of alkyl halides is 3. The van der Waals surface area contributed by atoms with Crippen molar-refractivity contribution in [3.05, 3.63) is 12.7 Å². The fourth-order valence-electron chi connectivity index (χ4n) is 1.94. The zero-order valence-electron chi connectivity index (χ0n) is 9.96. The first-order valence-electron chi connectivity index (χ1n) is 5.50. The van der Waals surface area contributed by atoms with E-state index in [1.807, 2.05) is 0 Å². The van der Waals surface area contributed by atoms with Gasteiger partial charge in [-0.05, 0) is 12.0 Å². The molecule has 1 saturated heterocycles. The largest absolute Gasteiger partial charge is 0.393 e. The third-order valence-electron chi connectivity index (χ3n) is 2.98. The lowest BCUT2D eigenvalue weighted by molar-refractivity contribution is -0.179. The molecular formula is C11H15F3N2O2. The maximum Gasteiger partial charge on any atom is 0.393 e. The molecule has 4 nitrogen and oxygen atoms in total. The molecule has 0 aromatic heterocycles. The Kier molecular flexibility index (Phi) is 4.37. The minimum Gasteiger partial charge on any atom is -0.343 e. The van der Waals surface area contributed by atoms with Gasteiger partial charge >= 0.3 is 6.18 Å². The molecule has 1 aliphatic heterocycles. The molecule has 1 aliphatic rings. The minimum atomic E-state index is -4.29. The van der Waals surface area contributed by atoms with Gasteiger partial charge in [-0.25, -0.2) is 0 Å². The van der Waals surface area contributed by atoms with Crippen molar-refractivity contribution in [2.45, 2.75) is 13.1 Å². The Balaban J connectivity index is 2.52. The maximum atomic E-state index is 12.6. The predicted molar refractivity (Wildman–Crippen MR) is 58.5 cm³/mol. The second-order valence-electron chi connectivity index (χ2n) is 4.35. The van der Waals surface area contributed by atoms with Crippen LogP contribution in [0.1, 0.15) is 6.92 Å². The molecule has 0 aliphatic carbocycles. The molecule has 0 radical (unpaired) electrons. The first-order valence-corrected chi connectivity index (χ1v) is 5.50. The zero-order chi connectivity index (χ0) is 13.9. The zero-order valence-corrected chi connectivity index (χ0v) is 9.96. The highest BCUT2D eigenvalue weighted by molar-refractivity contribution is 5.90. The first-order chi connectivity index (χ1) is 8.25. The average molecular weight is 264 g/mol. The lowest BCUT2D eigenvalue weighted by atomic mass is 9.98. The van der Waals surface area contributed by atoms with Crippen molar-refractivity contribution in [2.24, 2.45) is 11.8 Å². The Morgan fingerprint density at radius 2 is 2.06 bits per heavy atom. The van der Waals surface area contributed by atoms with E-state index < -0.39 is 29.8 Å². The summed E-state index contributed by atoms with van der Waals surface area (Å²) in [4.78, 5) is 23.6. The molecule has 102 valence electrons. The maximum absolute atomic E-state index is 12.6. The second kappa shape index (κ2) is 5.41. The number of hydrogen-bond donors (Lipinski definition) is 1. The lowest BCUT2D eigenvalue weighted by Gasteiger charge is -2.18. The average Bonchev–Trinajstić information content (AvgIpc) is 2.67. The van der Waals surface area contributed by atoms with E-state index in [0.717, 1.165) is 11.0 Å². The highest BCUT2D eigenvalue weighted by Gasteiger charge is 2.48. The number of carbonyl (C=O) groups is 2. The summed E-state index contributed by atoms with van der Waals surface area (Å²) in [6.45, 7) is 4.09. The van der Waals surface area contributed by atoms with Crippen LogP contribution in [0.25, 0.3) is 0 Å². The van der Waals surface area contributed by atoms with Crippen molar-refractivity contribution in [1.82, 2.24) is 10.2 Å². The molecule has 1 fully saturated rings. The summed E-state index contributed by atoms with van der Waals surface area (Å²) < 4.78 is 37.8. The van der Waals surface area contributed by atoms with Crippen molar-refractivity contribution in [1.29, 1.82) is 0 Å². The van der Waals surface area contributed by atoms with Gasteiger partial charge in [0.25, 0.3) is 0 Å². The van der Waals surface area contributed by atoms with Crippen LogP contribution in [0.15, 0.2) is 12.7 Å². The molecule has 1 N–H and O–H groups in total. The van der Waals surface area contributed by atoms with Crippen LogP contribution in [0, 0.1) is 11.8 Å². The van der Waals surface area contributed by atoms with E-state index in [2.05, 4.69) is 11.9 Å². The number of nitrogens with zero attached hydrogens (tertiary/aromatic N) is 1. The van der Waals surface area contributed by atoms with E-state index in [0.29, 0.717) is 0 Å². The first kappa shape index (κ1) is 14.5.